The Morgan fingerprint density at radius 2 is 1.76 bits per heavy atom. The van der Waals surface area contributed by atoms with Crippen molar-refractivity contribution in [1.29, 1.82) is 0 Å². The summed E-state index contributed by atoms with van der Waals surface area (Å²) in [6.07, 6.45) is 1.83. The van der Waals surface area contributed by atoms with Gasteiger partial charge in [0.2, 0.25) is 0 Å². The van der Waals surface area contributed by atoms with Crippen LogP contribution in [0.2, 0.25) is 0 Å². The molecule has 0 saturated carbocycles. The zero-order chi connectivity index (χ0) is 23.7. The fraction of sp³-hybridized carbons (Fsp3) is 0.240. The van der Waals surface area contributed by atoms with Crippen molar-refractivity contribution < 1.29 is 14.3 Å². The number of anilines is 1. The number of hydrogen-bond acceptors (Lipinski definition) is 7. The van der Waals surface area contributed by atoms with E-state index in [1.54, 1.807) is 18.6 Å². The van der Waals surface area contributed by atoms with Crippen LogP contribution in [0.15, 0.2) is 69.6 Å². The summed E-state index contributed by atoms with van der Waals surface area (Å²) in [5.41, 5.74) is 3.40. The average Bonchev–Trinajstić information content (AvgIpc) is 3.12. The molecule has 2 aromatic carbocycles. The molecule has 0 N–H and O–H groups in total. The monoisotopic (exact) mass is 463 g/mol. The Morgan fingerprint density at radius 1 is 1.09 bits per heavy atom. The van der Waals surface area contributed by atoms with E-state index in [0.29, 0.717) is 20.6 Å². The van der Waals surface area contributed by atoms with Crippen LogP contribution in [0.1, 0.15) is 24.1 Å². The second kappa shape index (κ2) is 9.07. The summed E-state index contributed by atoms with van der Waals surface area (Å²) >= 11 is 1.30. The highest BCUT2D eigenvalue weighted by atomic mass is 32.1. The molecule has 0 unspecified atom stereocenters. The molecule has 33 heavy (non-hydrogen) atoms. The quantitative estimate of drug-likeness (QED) is 0.544. The third-order valence-corrected chi connectivity index (χ3v) is 6.55. The lowest BCUT2D eigenvalue weighted by molar-refractivity contribution is -0.136. The first-order chi connectivity index (χ1) is 15.8. The van der Waals surface area contributed by atoms with Crippen molar-refractivity contribution in [3.05, 3.63) is 90.6 Å². The molecule has 0 bridgehead atoms. The van der Waals surface area contributed by atoms with Crippen molar-refractivity contribution in [2.24, 2.45) is 4.99 Å². The molecule has 0 fully saturated rings. The zero-order valence-corrected chi connectivity index (χ0v) is 20.0. The molecular weight excluding hydrogens is 438 g/mol. The number of carbonyl (C=O) groups excluding carboxylic acids is 1. The second-order valence-electron chi connectivity index (χ2n) is 7.83. The van der Waals surface area contributed by atoms with Crippen LogP contribution in [-0.2, 0) is 9.53 Å². The molecule has 3 aromatic rings. The van der Waals surface area contributed by atoms with Crippen LogP contribution in [0, 0.1) is 0 Å². The van der Waals surface area contributed by atoms with Crippen molar-refractivity contribution in [1.82, 2.24) is 4.57 Å². The minimum absolute atomic E-state index is 0.204. The second-order valence-corrected chi connectivity index (χ2v) is 8.84. The lowest BCUT2D eigenvalue weighted by atomic mass is 9.95. The number of nitrogens with zero attached hydrogens (tertiary/aromatic N) is 3. The Bertz CT molecular complexity index is 1400. The summed E-state index contributed by atoms with van der Waals surface area (Å²) in [6, 6.07) is 14.6. The Hall–Kier alpha value is -3.65. The number of methoxy groups -OCH3 is 2. The largest absolute Gasteiger partial charge is 0.497 e. The molecule has 0 aliphatic carbocycles. The molecule has 2 heterocycles. The van der Waals surface area contributed by atoms with Crippen LogP contribution in [0.4, 0.5) is 5.69 Å². The number of thiazole rings is 1. The maximum absolute atomic E-state index is 13.5. The first-order valence-electron chi connectivity index (χ1n) is 10.4. The maximum atomic E-state index is 13.5. The van der Waals surface area contributed by atoms with Gasteiger partial charge >= 0.3 is 5.97 Å². The van der Waals surface area contributed by atoms with Gasteiger partial charge in [0.05, 0.1) is 36.1 Å². The summed E-state index contributed by atoms with van der Waals surface area (Å²) in [5.74, 6) is 0.246. The normalized spacial score (nSPS) is 15.7. The molecule has 0 spiro atoms. The molecule has 170 valence electrons. The van der Waals surface area contributed by atoms with Gasteiger partial charge in [0.1, 0.15) is 5.75 Å². The van der Waals surface area contributed by atoms with Gasteiger partial charge < -0.3 is 14.4 Å². The standard InChI is InChI=1S/C25H25N3O4S/c1-15-21(24(30)32-5)22(17-8-10-18(11-9-17)27(2)3)28-23(29)20(33-25(28)26-15)14-16-6-12-19(31-4)13-7-16/h6-14,22H,1-5H3/b20-14+/t22-/m1/s1. The predicted molar refractivity (Wildman–Crippen MR) is 130 cm³/mol. The van der Waals surface area contributed by atoms with E-state index in [-0.39, 0.29) is 5.56 Å². The van der Waals surface area contributed by atoms with Gasteiger partial charge in [-0.05, 0) is 48.4 Å². The molecule has 1 aromatic heterocycles. The molecule has 8 heteroatoms. The fourth-order valence-electron chi connectivity index (χ4n) is 3.81. The van der Waals surface area contributed by atoms with Crippen molar-refractivity contribution in [3.8, 4) is 5.75 Å². The molecule has 4 rings (SSSR count). The van der Waals surface area contributed by atoms with Gasteiger partial charge in [-0.2, -0.15) is 0 Å². The van der Waals surface area contributed by atoms with E-state index in [4.69, 9.17) is 9.47 Å². The minimum Gasteiger partial charge on any atom is -0.497 e. The van der Waals surface area contributed by atoms with Gasteiger partial charge in [0, 0.05) is 19.8 Å². The smallest absolute Gasteiger partial charge is 0.338 e. The van der Waals surface area contributed by atoms with Crippen LogP contribution in [-0.4, -0.2) is 38.9 Å². The summed E-state index contributed by atoms with van der Waals surface area (Å²) in [4.78, 5) is 33.4. The first-order valence-corrected chi connectivity index (χ1v) is 11.2. The van der Waals surface area contributed by atoms with E-state index in [0.717, 1.165) is 22.6 Å². The first kappa shape index (κ1) is 22.5. The van der Waals surface area contributed by atoms with Crippen LogP contribution in [0.25, 0.3) is 6.08 Å². The number of fused-ring (bicyclic) bond motifs is 1. The number of rotatable bonds is 5. The van der Waals surface area contributed by atoms with E-state index in [9.17, 15) is 9.59 Å². The van der Waals surface area contributed by atoms with Crippen molar-refractivity contribution >= 4 is 29.1 Å². The Balaban J connectivity index is 1.91. The van der Waals surface area contributed by atoms with E-state index < -0.39 is 12.0 Å². The highest BCUT2D eigenvalue weighted by molar-refractivity contribution is 7.07. The average molecular weight is 464 g/mol. The number of benzene rings is 2. The van der Waals surface area contributed by atoms with Crippen molar-refractivity contribution in [3.63, 3.8) is 0 Å². The summed E-state index contributed by atoms with van der Waals surface area (Å²) < 4.78 is 12.4. The van der Waals surface area contributed by atoms with Crippen LogP contribution < -0.4 is 24.5 Å². The van der Waals surface area contributed by atoms with Gasteiger partial charge in [-0.1, -0.05) is 35.6 Å². The minimum atomic E-state index is -0.622. The SMILES string of the molecule is COC(=O)C1=C(C)N=c2s/c(=C/c3ccc(OC)cc3)c(=O)n2[C@@H]1c1ccc(N(C)C)cc1. The highest BCUT2D eigenvalue weighted by Crippen LogP contribution is 2.31. The van der Waals surface area contributed by atoms with E-state index in [2.05, 4.69) is 4.99 Å². The van der Waals surface area contributed by atoms with Crippen LogP contribution in [0.5, 0.6) is 5.75 Å². The molecule has 0 radical (unpaired) electrons. The van der Waals surface area contributed by atoms with Crippen molar-refractivity contribution in [2.45, 2.75) is 13.0 Å². The maximum Gasteiger partial charge on any atom is 0.338 e. The lowest BCUT2D eigenvalue weighted by Gasteiger charge is -2.25. The van der Waals surface area contributed by atoms with E-state index in [1.807, 2.05) is 73.6 Å². The predicted octanol–water partition coefficient (Wildman–Crippen LogP) is 2.48. The summed E-state index contributed by atoms with van der Waals surface area (Å²) in [7, 11) is 6.87. The summed E-state index contributed by atoms with van der Waals surface area (Å²) in [6.45, 7) is 1.77. The molecule has 0 amide bonds. The number of hydrogen-bond donors (Lipinski definition) is 0. The van der Waals surface area contributed by atoms with Crippen LogP contribution in [0.3, 0.4) is 0 Å². The number of allylic oxidation sites excluding steroid dienone is 1. The molecule has 1 aliphatic rings. The zero-order valence-electron chi connectivity index (χ0n) is 19.2. The van der Waals surface area contributed by atoms with E-state index >= 15 is 0 Å². The van der Waals surface area contributed by atoms with E-state index in [1.165, 1.54) is 18.4 Å². The van der Waals surface area contributed by atoms with Crippen molar-refractivity contribution in [2.75, 3.05) is 33.2 Å². The number of ether oxygens (including phenoxy) is 2. The van der Waals surface area contributed by atoms with Gasteiger partial charge in [-0.3, -0.25) is 9.36 Å². The number of aromatic nitrogens is 1. The Kier molecular flexibility index (Phi) is 6.20. The topological polar surface area (TPSA) is 73.1 Å². The van der Waals surface area contributed by atoms with Gasteiger partial charge in [-0.25, -0.2) is 9.79 Å². The Labute approximate surface area is 195 Å². The number of esters is 1. The number of carbonyl (C=O) groups is 1. The third kappa shape index (κ3) is 4.21. The van der Waals surface area contributed by atoms with Crippen LogP contribution >= 0.6 is 11.3 Å². The third-order valence-electron chi connectivity index (χ3n) is 5.57. The lowest BCUT2D eigenvalue weighted by Crippen LogP contribution is -2.39. The molecule has 0 saturated heterocycles. The fourth-order valence-corrected chi connectivity index (χ4v) is 4.86. The Morgan fingerprint density at radius 3 is 2.33 bits per heavy atom. The molecule has 1 atom stereocenters. The van der Waals surface area contributed by atoms with Gasteiger partial charge in [-0.15, -0.1) is 0 Å². The highest BCUT2D eigenvalue weighted by Gasteiger charge is 2.33. The summed E-state index contributed by atoms with van der Waals surface area (Å²) in [5, 5.41) is 0. The molecule has 7 nitrogen and oxygen atoms in total. The van der Waals surface area contributed by atoms with Gasteiger partial charge in [0.25, 0.3) is 5.56 Å². The molecular formula is C25H25N3O4S. The van der Waals surface area contributed by atoms with Gasteiger partial charge in [0.15, 0.2) is 4.80 Å². The molecule has 1 aliphatic heterocycles.